The van der Waals surface area contributed by atoms with Gasteiger partial charge in [-0.25, -0.2) is 0 Å². The van der Waals surface area contributed by atoms with Gasteiger partial charge in [-0.15, -0.1) is 0 Å². The van der Waals surface area contributed by atoms with E-state index in [9.17, 15) is 0 Å². The lowest BCUT2D eigenvalue weighted by Crippen LogP contribution is -2.30. The molecule has 2 rings (SSSR count). The molecule has 0 amide bonds. The van der Waals surface area contributed by atoms with Crippen molar-refractivity contribution in [2.75, 3.05) is 6.61 Å². The molecule has 5 heteroatoms. The van der Waals surface area contributed by atoms with Crippen molar-refractivity contribution >= 4 is 12.2 Å². The first-order valence-electron chi connectivity index (χ1n) is 5.93. The molecule has 0 aliphatic carbocycles. The second kappa shape index (κ2) is 4.67. The van der Waals surface area contributed by atoms with E-state index >= 15 is 0 Å². The van der Waals surface area contributed by atoms with Gasteiger partial charge in [0.2, 0.25) is 0 Å². The first kappa shape index (κ1) is 11.8. The fourth-order valence-electron chi connectivity index (χ4n) is 2.22. The predicted octanol–water partition coefficient (Wildman–Crippen LogP) is 2.46. The van der Waals surface area contributed by atoms with E-state index in [4.69, 9.17) is 17.0 Å². The number of ether oxygens (including phenoxy) is 1. The van der Waals surface area contributed by atoms with Gasteiger partial charge in [-0.1, -0.05) is 6.92 Å². The quantitative estimate of drug-likeness (QED) is 0.823. The summed E-state index contributed by atoms with van der Waals surface area (Å²) < 4.78 is 8.59. The summed E-state index contributed by atoms with van der Waals surface area (Å²) in [5, 5.41) is 7.14. The molecule has 0 spiro atoms. The topological polar surface area (TPSA) is 42.8 Å². The Labute approximate surface area is 101 Å². The molecular weight excluding hydrogens is 222 g/mol. The van der Waals surface area contributed by atoms with Crippen molar-refractivity contribution in [3.05, 3.63) is 10.6 Å². The number of aromatic nitrogens is 3. The lowest BCUT2D eigenvalue weighted by molar-refractivity contribution is 0.00528. The van der Waals surface area contributed by atoms with Crippen LogP contribution >= 0.6 is 12.2 Å². The van der Waals surface area contributed by atoms with Crippen molar-refractivity contribution in [1.29, 1.82) is 0 Å². The highest BCUT2D eigenvalue weighted by atomic mass is 32.1. The van der Waals surface area contributed by atoms with Crippen LogP contribution < -0.4 is 0 Å². The molecule has 4 nitrogen and oxygen atoms in total. The molecule has 0 radical (unpaired) electrons. The molecule has 1 aliphatic heterocycles. The highest BCUT2D eigenvalue weighted by molar-refractivity contribution is 7.71. The van der Waals surface area contributed by atoms with Gasteiger partial charge in [0.25, 0.3) is 0 Å². The van der Waals surface area contributed by atoms with E-state index in [-0.39, 0.29) is 5.60 Å². The van der Waals surface area contributed by atoms with E-state index in [0.29, 0.717) is 4.77 Å². The number of aryl methyl sites for hydroxylation is 1. The number of hydrogen-bond donors (Lipinski definition) is 1. The predicted molar refractivity (Wildman–Crippen MR) is 65.0 cm³/mol. The molecule has 16 heavy (non-hydrogen) atoms. The normalized spacial score (nSPS) is 25.1. The average Bonchev–Trinajstić information content (AvgIpc) is 2.80. The zero-order chi connectivity index (χ0) is 11.6. The summed E-state index contributed by atoms with van der Waals surface area (Å²) >= 11 is 5.26. The van der Waals surface area contributed by atoms with E-state index in [1.54, 1.807) is 0 Å². The molecule has 0 saturated carbocycles. The second-order valence-corrected chi connectivity index (χ2v) is 5.07. The second-order valence-electron chi connectivity index (χ2n) is 4.68. The van der Waals surface area contributed by atoms with Gasteiger partial charge in [0.15, 0.2) is 4.77 Å². The minimum Gasteiger partial charge on any atom is -0.373 e. The van der Waals surface area contributed by atoms with Crippen molar-refractivity contribution in [3.63, 3.8) is 0 Å². The van der Waals surface area contributed by atoms with Gasteiger partial charge in [0.05, 0.1) is 12.1 Å². The Morgan fingerprint density at radius 1 is 1.62 bits per heavy atom. The van der Waals surface area contributed by atoms with Crippen LogP contribution in [0, 0.1) is 4.77 Å². The van der Waals surface area contributed by atoms with Crippen LogP contribution in [0.15, 0.2) is 0 Å². The van der Waals surface area contributed by atoms with Gasteiger partial charge >= 0.3 is 0 Å². The molecule has 1 N–H and O–H groups in total. The zero-order valence-corrected chi connectivity index (χ0v) is 10.8. The summed E-state index contributed by atoms with van der Waals surface area (Å²) in [5.74, 6) is 1.05. The van der Waals surface area contributed by atoms with Gasteiger partial charge in [-0.05, 0) is 38.4 Å². The molecule has 90 valence electrons. The number of nitrogens with zero attached hydrogens (tertiary/aromatic N) is 2. The van der Waals surface area contributed by atoms with Crippen LogP contribution in [0.4, 0.5) is 0 Å². The molecule has 0 aromatic carbocycles. The van der Waals surface area contributed by atoms with E-state index in [0.717, 1.165) is 44.7 Å². The lowest BCUT2D eigenvalue weighted by Gasteiger charge is -2.24. The Hall–Kier alpha value is -0.680. The summed E-state index contributed by atoms with van der Waals surface area (Å²) in [6.07, 6.45) is 4.29. The van der Waals surface area contributed by atoms with Crippen LogP contribution in [0.5, 0.6) is 0 Å². The minimum atomic E-state index is -0.0649. The van der Waals surface area contributed by atoms with Crippen molar-refractivity contribution in [2.24, 2.45) is 0 Å². The molecule has 1 aromatic rings. The van der Waals surface area contributed by atoms with Crippen LogP contribution in [0.25, 0.3) is 0 Å². The molecule has 1 unspecified atom stereocenters. The van der Waals surface area contributed by atoms with Crippen LogP contribution in [0.1, 0.15) is 38.9 Å². The van der Waals surface area contributed by atoms with Crippen molar-refractivity contribution in [3.8, 4) is 0 Å². The van der Waals surface area contributed by atoms with Crippen LogP contribution in [-0.2, 0) is 17.7 Å². The molecule has 2 heterocycles. The molecule has 1 fully saturated rings. The van der Waals surface area contributed by atoms with Gasteiger partial charge < -0.3 is 9.30 Å². The van der Waals surface area contributed by atoms with Gasteiger partial charge in [-0.3, -0.25) is 5.10 Å². The molecule has 1 aliphatic rings. The van der Waals surface area contributed by atoms with Crippen molar-refractivity contribution < 1.29 is 4.74 Å². The van der Waals surface area contributed by atoms with Crippen LogP contribution in [-0.4, -0.2) is 27.0 Å². The van der Waals surface area contributed by atoms with Crippen molar-refractivity contribution in [1.82, 2.24) is 14.8 Å². The first-order valence-corrected chi connectivity index (χ1v) is 6.33. The third-order valence-electron chi connectivity index (χ3n) is 3.10. The third kappa shape index (κ3) is 2.35. The maximum atomic E-state index is 5.79. The van der Waals surface area contributed by atoms with E-state index in [1.807, 2.05) is 0 Å². The van der Waals surface area contributed by atoms with Gasteiger partial charge in [0, 0.05) is 13.0 Å². The standard InChI is InChI=1S/C11H19N3OS/c1-3-5-9-12-13-10(16)14(9)8-11(2)6-4-7-15-11/h3-8H2,1-2H3,(H,13,16). The fraction of sp³-hybridized carbons (Fsp3) is 0.818. The summed E-state index contributed by atoms with van der Waals surface area (Å²) in [4.78, 5) is 0. The maximum Gasteiger partial charge on any atom is 0.195 e. The Balaban J connectivity index is 2.19. The fourth-order valence-corrected chi connectivity index (χ4v) is 2.44. The van der Waals surface area contributed by atoms with Crippen LogP contribution in [0.3, 0.4) is 0 Å². The number of H-pyrrole nitrogens is 1. The molecule has 1 saturated heterocycles. The monoisotopic (exact) mass is 241 g/mol. The van der Waals surface area contributed by atoms with E-state index < -0.39 is 0 Å². The molecule has 1 atom stereocenters. The highest BCUT2D eigenvalue weighted by Gasteiger charge is 2.31. The first-order chi connectivity index (χ1) is 7.64. The largest absolute Gasteiger partial charge is 0.373 e. The smallest absolute Gasteiger partial charge is 0.195 e. The summed E-state index contributed by atoms with van der Waals surface area (Å²) in [6.45, 7) is 5.99. The van der Waals surface area contributed by atoms with Gasteiger partial charge in [0.1, 0.15) is 5.82 Å². The molecule has 0 bridgehead atoms. The zero-order valence-electron chi connectivity index (χ0n) is 9.95. The molecular formula is C11H19N3OS. The van der Waals surface area contributed by atoms with E-state index in [2.05, 4.69) is 28.6 Å². The Bertz CT molecular complexity index is 404. The minimum absolute atomic E-state index is 0.0649. The summed E-state index contributed by atoms with van der Waals surface area (Å²) in [6, 6.07) is 0. The number of nitrogens with one attached hydrogen (secondary N) is 1. The Morgan fingerprint density at radius 2 is 2.44 bits per heavy atom. The maximum absolute atomic E-state index is 5.79. The number of hydrogen-bond acceptors (Lipinski definition) is 3. The van der Waals surface area contributed by atoms with Gasteiger partial charge in [-0.2, -0.15) is 5.10 Å². The summed E-state index contributed by atoms with van der Waals surface area (Å²) in [5.41, 5.74) is -0.0649. The van der Waals surface area contributed by atoms with Crippen LogP contribution in [0.2, 0.25) is 0 Å². The lowest BCUT2D eigenvalue weighted by atomic mass is 10.0. The Morgan fingerprint density at radius 3 is 3.06 bits per heavy atom. The van der Waals surface area contributed by atoms with E-state index in [1.165, 1.54) is 0 Å². The molecule has 1 aromatic heterocycles. The summed E-state index contributed by atoms with van der Waals surface area (Å²) in [7, 11) is 0. The number of aromatic amines is 1. The number of rotatable bonds is 4. The van der Waals surface area contributed by atoms with Crippen molar-refractivity contribution in [2.45, 2.75) is 51.7 Å². The third-order valence-corrected chi connectivity index (χ3v) is 3.42. The SMILES string of the molecule is CCCc1n[nH]c(=S)n1CC1(C)CCCO1. The average molecular weight is 241 g/mol. The Kier molecular flexibility index (Phi) is 3.44. The highest BCUT2D eigenvalue weighted by Crippen LogP contribution is 2.27.